The Kier molecular flexibility index (Phi) is 5.52. The van der Waals surface area contributed by atoms with Gasteiger partial charge < -0.3 is 9.72 Å². The zero-order valence-corrected chi connectivity index (χ0v) is 14.9. The van der Waals surface area contributed by atoms with Gasteiger partial charge in [0.2, 0.25) is 0 Å². The second-order valence-electron chi connectivity index (χ2n) is 5.45. The van der Waals surface area contributed by atoms with E-state index in [1.165, 1.54) is 17.8 Å². The lowest BCUT2D eigenvalue weighted by Gasteiger charge is -2.10. The van der Waals surface area contributed by atoms with Gasteiger partial charge >= 0.3 is 0 Å². The first-order chi connectivity index (χ1) is 13.0. The third-order valence-corrected chi connectivity index (χ3v) is 4.29. The van der Waals surface area contributed by atoms with Gasteiger partial charge in [-0.1, -0.05) is 36.0 Å². The summed E-state index contributed by atoms with van der Waals surface area (Å²) in [6, 6.07) is 12.1. The Hall–Kier alpha value is -3.18. The highest BCUT2D eigenvalue weighted by atomic mass is 32.2. The fourth-order valence-corrected chi connectivity index (χ4v) is 2.82. The van der Waals surface area contributed by atoms with Gasteiger partial charge in [0.15, 0.2) is 22.5 Å². The van der Waals surface area contributed by atoms with E-state index in [0.29, 0.717) is 16.3 Å². The monoisotopic (exact) mass is 385 g/mol. The molecule has 0 aliphatic heterocycles. The van der Waals surface area contributed by atoms with Crippen LogP contribution in [0, 0.1) is 23.0 Å². The number of aromatic nitrogens is 2. The van der Waals surface area contributed by atoms with Crippen LogP contribution in [0.5, 0.6) is 5.75 Å². The molecule has 136 valence electrons. The normalized spacial score (nSPS) is 10.4. The minimum atomic E-state index is -0.793. The van der Waals surface area contributed by atoms with Crippen LogP contribution in [0.25, 0.3) is 11.3 Å². The zero-order valence-electron chi connectivity index (χ0n) is 14.1. The van der Waals surface area contributed by atoms with Crippen molar-refractivity contribution in [2.75, 3.05) is 6.26 Å². The minimum Gasteiger partial charge on any atom is -0.483 e. The molecule has 3 aromatic rings. The van der Waals surface area contributed by atoms with Crippen LogP contribution in [0.4, 0.5) is 8.78 Å². The van der Waals surface area contributed by atoms with E-state index in [0.717, 1.165) is 12.1 Å². The van der Waals surface area contributed by atoms with E-state index in [1.807, 2.05) is 6.07 Å². The SMILES string of the molecule is CSc1nc(-c2cccc(COc3c(F)cccc3F)c2)c(C#N)c(=O)[nH]1. The predicted octanol–water partition coefficient (Wildman–Crippen LogP) is 3.89. The number of thioether (sulfide) groups is 1. The molecule has 8 heteroatoms. The minimum absolute atomic E-state index is 0.0911. The van der Waals surface area contributed by atoms with Gasteiger partial charge in [0.1, 0.15) is 18.2 Å². The summed E-state index contributed by atoms with van der Waals surface area (Å²) in [6.45, 7) is -0.0911. The molecule has 1 aromatic heterocycles. The summed E-state index contributed by atoms with van der Waals surface area (Å²) in [7, 11) is 0. The molecule has 0 bridgehead atoms. The smallest absolute Gasteiger partial charge is 0.270 e. The summed E-state index contributed by atoms with van der Waals surface area (Å²) in [5.74, 6) is -2.04. The van der Waals surface area contributed by atoms with Crippen LogP contribution in [0.15, 0.2) is 52.4 Å². The van der Waals surface area contributed by atoms with E-state index < -0.39 is 22.9 Å². The Morgan fingerprint density at radius 3 is 2.59 bits per heavy atom. The summed E-state index contributed by atoms with van der Waals surface area (Å²) in [5.41, 5.74) is 0.743. The number of hydrogen-bond acceptors (Lipinski definition) is 5. The lowest BCUT2D eigenvalue weighted by Crippen LogP contribution is -2.14. The van der Waals surface area contributed by atoms with Crippen LogP contribution in [0.3, 0.4) is 0 Å². The van der Waals surface area contributed by atoms with Crippen molar-refractivity contribution in [3.63, 3.8) is 0 Å². The molecule has 5 nitrogen and oxygen atoms in total. The standard InChI is InChI=1S/C19H13F2N3O2S/c1-27-19-23-16(13(9-22)18(25)24-19)12-5-2-4-11(8-12)10-26-17-14(20)6-3-7-15(17)21/h2-8H,10H2,1H3,(H,23,24,25). The largest absolute Gasteiger partial charge is 0.483 e. The van der Waals surface area contributed by atoms with Gasteiger partial charge in [-0.3, -0.25) is 4.79 Å². The van der Waals surface area contributed by atoms with Crippen molar-refractivity contribution < 1.29 is 13.5 Å². The molecule has 0 atom stereocenters. The summed E-state index contributed by atoms with van der Waals surface area (Å²) in [6.07, 6.45) is 1.75. The molecule has 0 spiro atoms. The molecule has 1 N–H and O–H groups in total. The van der Waals surface area contributed by atoms with E-state index in [9.17, 15) is 18.8 Å². The molecule has 0 aliphatic carbocycles. The van der Waals surface area contributed by atoms with Crippen molar-refractivity contribution in [2.24, 2.45) is 0 Å². The van der Waals surface area contributed by atoms with Crippen LogP contribution in [-0.2, 0) is 6.61 Å². The first-order valence-corrected chi connectivity index (χ1v) is 9.00. The van der Waals surface area contributed by atoms with Gasteiger partial charge in [-0.2, -0.15) is 5.26 Å². The molecular formula is C19H13F2N3O2S. The van der Waals surface area contributed by atoms with Crippen LogP contribution < -0.4 is 10.3 Å². The number of benzene rings is 2. The van der Waals surface area contributed by atoms with E-state index in [-0.39, 0.29) is 17.9 Å². The number of para-hydroxylation sites is 1. The third-order valence-electron chi connectivity index (χ3n) is 3.71. The lowest BCUT2D eigenvalue weighted by molar-refractivity contribution is 0.274. The molecule has 0 unspecified atom stereocenters. The van der Waals surface area contributed by atoms with Crippen LogP contribution in [0.1, 0.15) is 11.1 Å². The number of nitrogens with zero attached hydrogens (tertiary/aromatic N) is 2. The van der Waals surface area contributed by atoms with Crippen LogP contribution in [0.2, 0.25) is 0 Å². The predicted molar refractivity (Wildman–Crippen MR) is 97.5 cm³/mol. The van der Waals surface area contributed by atoms with Gasteiger partial charge in [0, 0.05) is 5.56 Å². The number of H-pyrrole nitrogens is 1. The second-order valence-corrected chi connectivity index (χ2v) is 6.25. The topological polar surface area (TPSA) is 78.8 Å². The number of rotatable bonds is 5. The zero-order chi connectivity index (χ0) is 19.4. The van der Waals surface area contributed by atoms with Crippen molar-refractivity contribution >= 4 is 11.8 Å². The molecule has 1 heterocycles. The number of nitriles is 1. The summed E-state index contributed by atoms with van der Waals surface area (Å²) >= 11 is 1.24. The van der Waals surface area contributed by atoms with Crippen molar-refractivity contribution in [2.45, 2.75) is 11.8 Å². The Bertz CT molecular complexity index is 1070. The average molecular weight is 385 g/mol. The summed E-state index contributed by atoms with van der Waals surface area (Å²) in [4.78, 5) is 18.9. The van der Waals surface area contributed by atoms with Crippen molar-refractivity contribution in [1.82, 2.24) is 9.97 Å². The van der Waals surface area contributed by atoms with Gasteiger partial charge in [-0.05, 0) is 30.0 Å². The molecule has 2 aromatic carbocycles. The van der Waals surface area contributed by atoms with E-state index in [4.69, 9.17) is 4.74 Å². The third kappa shape index (κ3) is 3.99. The maximum absolute atomic E-state index is 13.7. The maximum Gasteiger partial charge on any atom is 0.270 e. The lowest BCUT2D eigenvalue weighted by atomic mass is 10.1. The van der Waals surface area contributed by atoms with Crippen LogP contribution >= 0.6 is 11.8 Å². The number of hydrogen-bond donors (Lipinski definition) is 1. The molecule has 0 amide bonds. The van der Waals surface area contributed by atoms with Crippen LogP contribution in [-0.4, -0.2) is 16.2 Å². The van der Waals surface area contributed by atoms with Crippen molar-refractivity contribution in [3.05, 3.63) is 75.6 Å². The Morgan fingerprint density at radius 1 is 1.22 bits per heavy atom. The quantitative estimate of drug-likeness (QED) is 0.533. The summed E-state index contributed by atoms with van der Waals surface area (Å²) < 4.78 is 32.6. The molecule has 0 saturated heterocycles. The van der Waals surface area contributed by atoms with Crippen molar-refractivity contribution in [1.29, 1.82) is 5.26 Å². The average Bonchev–Trinajstić information content (AvgIpc) is 2.67. The molecule has 0 radical (unpaired) electrons. The number of ether oxygens (including phenoxy) is 1. The van der Waals surface area contributed by atoms with Gasteiger partial charge in [0.05, 0.1) is 5.69 Å². The Labute approximate surface area is 157 Å². The Morgan fingerprint density at radius 2 is 1.93 bits per heavy atom. The maximum atomic E-state index is 13.7. The highest BCUT2D eigenvalue weighted by Gasteiger charge is 2.14. The van der Waals surface area contributed by atoms with Crippen molar-refractivity contribution in [3.8, 4) is 23.1 Å². The highest BCUT2D eigenvalue weighted by Crippen LogP contribution is 2.25. The van der Waals surface area contributed by atoms with Gasteiger partial charge in [-0.25, -0.2) is 13.8 Å². The number of aromatic amines is 1. The first kappa shape index (κ1) is 18.6. The number of nitrogens with one attached hydrogen (secondary N) is 1. The fourth-order valence-electron chi connectivity index (χ4n) is 2.45. The van der Waals surface area contributed by atoms with E-state index >= 15 is 0 Å². The summed E-state index contributed by atoms with van der Waals surface area (Å²) in [5, 5.41) is 9.66. The first-order valence-electron chi connectivity index (χ1n) is 7.78. The highest BCUT2D eigenvalue weighted by molar-refractivity contribution is 7.98. The Balaban J connectivity index is 1.94. The van der Waals surface area contributed by atoms with E-state index in [2.05, 4.69) is 9.97 Å². The van der Waals surface area contributed by atoms with E-state index in [1.54, 1.807) is 30.5 Å². The van der Waals surface area contributed by atoms with Gasteiger partial charge in [-0.15, -0.1) is 0 Å². The molecule has 0 saturated carbocycles. The molecule has 27 heavy (non-hydrogen) atoms. The number of halogens is 2. The molecule has 0 fully saturated rings. The second kappa shape index (κ2) is 8.01. The van der Waals surface area contributed by atoms with Gasteiger partial charge in [0.25, 0.3) is 5.56 Å². The molecule has 0 aliphatic rings. The molecule has 3 rings (SSSR count). The molecular weight excluding hydrogens is 372 g/mol. The fraction of sp³-hybridized carbons (Fsp3) is 0.105.